The van der Waals surface area contributed by atoms with Gasteiger partial charge in [-0.1, -0.05) is 0 Å². The molecule has 0 aliphatic heterocycles. The van der Waals surface area contributed by atoms with Crippen LogP contribution in [-0.4, -0.2) is 4.57 Å². The number of halogens is 7. The van der Waals surface area contributed by atoms with E-state index in [9.17, 15) is 30.7 Å². The molecule has 4 aromatic rings. The van der Waals surface area contributed by atoms with Crippen LogP contribution in [0.1, 0.15) is 16.7 Å². The highest BCUT2D eigenvalue weighted by Gasteiger charge is 2.29. The molecule has 1 nitrogen and oxygen atoms in total. The summed E-state index contributed by atoms with van der Waals surface area (Å²) in [7, 11) is 0. The standard InChI is InChI=1S/C21H12F7N/c1-7-4-10-14-13(6-11(22)8(2)15(14)24)29(20(10)12(23)5-7)21-18(27)16(25)9(3)17(26)19(21)28/h4-6H,1-3H3. The Hall–Kier alpha value is -3.03. The molecule has 0 N–H and O–H groups in total. The first-order valence-electron chi connectivity index (χ1n) is 8.48. The van der Waals surface area contributed by atoms with Gasteiger partial charge in [0.2, 0.25) is 0 Å². The van der Waals surface area contributed by atoms with Crippen molar-refractivity contribution in [1.82, 2.24) is 4.57 Å². The largest absolute Gasteiger partial charge is 0.301 e. The lowest BCUT2D eigenvalue weighted by molar-refractivity contribution is 0.441. The smallest absolute Gasteiger partial charge is 0.186 e. The fourth-order valence-electron chi connectivity index (χ4n) is 3.57. The molecule has 0 saturated carbocycles. The van der Waals surface area contributed by atoms with Gasteiger partial charge in [0.1, 0.15) is 23.1 Å². The molecule has 0 radical (unpaired) electrons. The van der Waals surface area contributed by atoms with Gasteiger partial charge in [-0.25, -0.2) is 30.7 Å². The molecule has 0 fully saturated rings. The van der Waals surface area contributed by atoms with Crippen LogP contribution in [0.15, 0.2) is 18.2 Å². The second kappa shape index (κ2) is 6.23. The molecule has 0 atom stereocenters. The Balaban J connectivity index is 2.37. The summed E-state index contributed by atoms with van der Waals surface area (Å²) in [4.78, 5) is 0. The van der Waals surface area contributed by atoms with Gasteiger partial charge in [0.15, 0.2) is 23.3 Å². The second-order valence-corrected chi connectivity index (χ2v) is 6.90. The summed E-state index contributed by atoms with van der Waals surface area (Å²) in [5.41, 5.74) is -3.23. The van der Waals surface area contributed by atoms with Crippen LogP contribution in [-0.2, 0) is 0 Å². The van der Waals surface area contributed by atoms with Crippen molar-refractivity contribution in [2.45, 2.75) is 20.8 Å². The van der Waals surface area contributed by atoms with Crippen molar-refractivity contribution < 1.29 is 30.7 Å². The van der Waals surface area contributed by atoms with Crippen LogP contribution in [0, 0.1) is 61.5 Å². The first-order chi connectivity index (χ1) is 13.6. The minimum Gasteiger partial charge on any atom is -0.301 e. The van der Waals surface area contributed by atoms with Crippen molar-refractivity contribution in [3.8, 4) is 5.69 Å². The normalized spacial score (nSPS) is 11.8. The third kappa shape index (κ3) is 2.47. The van der Waals surface area contributed by atoms with Crippen molar-refractivity contribution in [3.63, 3.8) is 0 Å². The highest BCUT2D eigenvalue weighted by atomic mass is 19.2. The third-order valence-corrected chi connectivity index (χ3v) is 5.05. The lowest BCUT2D eigenvalue weighted by atomic mass is 10.1. The lowest BCUT2D eigenvalue weighted by Gasteiger charge is -2.14. The van der Waals surface area contributed by atoms with E-state index in [1.807, 2.05) is 0 Å². The molecule has 150 valence electrons. The summed E-state index contributed by atoms with van der Waals surface area (Å²) in [6.45, 7) is 3.48. The van der Waals surface area contributed by atoms with E-state index in [0.717, 1.165) is 26.0 Å². The van der Waals surface area contributed by atoms with E-state index in [4.69, 9.17) is 0 Å². The molecule has 0 spiro atoms. The Morgan fingerprint density at radius 2 is 1.21 bits per heavy atom. The van der Waals surface area contributed by atoms with Crippen molar-refractivity contribution in [1.29, 1.82) is 0 Å². The summed E-state index contributed by atoms with van der Waals surface area (Å²) in [6.07, 6.45) is 0. The SMILES string of the molecule is Cc1cc(F)c2c(c1)c1c(F)c(C)c(F)cc1n2-c1c(F)c(F)c(C)c(F)c1F. The van der Waals surface area contributed by atoms with E-state index < -0.39 is 63.0 Å². The average Bonchev–Trinajstić information content (AvgIpc) is 2.97. The maximum absolute atomic E-state index is 14.9. The average molecular weight is 411 g/mol. The van der Waals surface area contributed by atoms with E-state index in [2.05, 4.69) is 0 Å². The predicted octanol–water partition coefficient (Wildman–Crippen LogP) is 6.68. The summed E-state index contributed by atoms with van der Waals surface area (Å²) in [6, 6.07) is 3.10. The Morgan fingerprint density at radius 1 is 0.621 bits per heavy atom. The molecule has 0 bridgehead atoms. The summed E-state index contributed by atoms with van der Waals surface area (Å²) in [5, 5.41) is -0.431. The third-order valence-electron chi connectivity index (χ3n) is 5.05. The van der Waals surface area contributed by atoms with Crippen LogP contribution in [0.2, 0.25) is 0 Å². The van der Waals surface area contributed by atoms with Crippen LogP contribution < -0.4 is 0 Å². The van der Waals surface area contributed by atoms with Crippen molar-refractivity contribution in [3.05, 3.63) is 75.6 Å². The zero-order valence-electron chi connectivity index (χ0n) is 15.3. The van der Waals surface area contributed by atoms with Crippen LogP contribution in [0.25, 0.3) is 27.5 Å². The zero-order chi connectivity index (χ0) is 21.4. The number of aromatic nitrogens is 1. The molecule has 4 rings (SSSR count). The fraction of sp³-hybridized carbons (Fsp3) is 0.143. The Morgan fingerprint density at radius 3 is 1.79 bits per heavy atom. The quantitative estimate of drug-likeness (QED) is 0.243. The van der Waals surface area contributed by atoms with Gasteiger partial charge in [-0.3, -0.25) is 0 Å². The van der Waals surface area contributed by atoms with Crippen LogP contribution >= 0.6 is 0 Å². The number of hydrogen-bond acceptors (Lipinski definition) is 0. The van der Waals surface area contributed by atoms with Crippen LogP contribution in [0.5, 0.6) is 0 Å². The van der Waals surface area contributed by atoms with E-state index >= 15 is 0 Å². The molecule has 29 heavy (non-hydrogen) atoms. The molecule has 0 unspecified atom stereocenters. The molecule has 3 aromatic carbocycles. The minimum atomic E-state index is -1.80. The van der Waals surface area contributed by atoms with Gasteiger partial charge in [0, 0.05) is 21.9 Å². The predicted molar refractivity (Wildman–Crippen MR) is 94.7 cm³/mol. The monoisotopic (exact) mass is 411 g/mol. The van der Waals surface area contributed by atoms with Gasteiger partial charge < -0.3 is 4.57 Å². The van der Waals surface area contributed by atoms with Gasteiger partial charge in [0.25, 0.3) is 0 Å². The molecular weight excluding hydrogens is 399 g/mol. The highest BCUT2D eigenvalue weighted by molar-refractivity contribution is 6.10. The van der Waals surface area contributed by atoms with Crippen molar-refractivity contribution in [2.24, 2.45) is 0 Å². The Labute approximate surface area is 160 Å². The van der Waals surface area contributed by atoms with Gasteiger partial charge in [-0.15, -0.1) is 0 Å². The van der Waals surface area contributed by atoms with E-state index in [1.165, 1.54) is 13.0 Å². The molecule has 1 aromatic heterocycles. The molecule has 0 aliphatic rings. The van der Waals surface area contributed by atoms with E-state index in [-0.39, 0.29) is 16.3 Å². The Bertz CT molecular complexity index is 1320. The Kier molecular flexibility index (Phi) is 4.15. The summed E-state index contributed by atoms with van der Waals surface area (Å²) in [5.74, 6) is -10.1. The number of benzene rings is 3. The van der Waals surface area contributed by atoms with Crippen LogP contribution in [0.4, 0.5) is 30.7 Å². The van der Waals surface area contributed by atoms with Crippen LogP contribution in [0.3, 0.4) is 0 Å². The number of aryl methyl sites for hydroxylation is 1. The topological polar surface area (TPSA) is 4.93 Å². The zero-order valence-corrected chi connectivity index (χ0v) is 15.3. The van der Waals surface area contributed by atoms with Crippen molar-refractivity contribution in [2.75, 3.05) is 0 Å². The van der Waals surface area contributed by atoms with E-state index in [0.29, 0.717) is 10.1 Å². The summed E-state index contributed by atoms with van der Waals surface area (Å²) < 4.78 is 102. The van der Waals surface area contributed by atoms with Gasteiger partial charge >= 0.3 is 0 Å². The second-order valence-electron chi connectivity index (χ2n) is 6.90. The molecular formula is C21H12F7N. The lowest BCUT2D eigenvalue weighted by Crippen LogP contribution is -2.10. The first kappa shape index (κ1) is 19.3. The maximum Gasteiger partial charge on any atom is 0.186 e. The van der Waals surface area contributed by atoms with E-state index in [1.54, 1.807) is 0 Å². The first-order valence-corrected chi connectivity index (χ1v) is 8.48. The van der Waals surface area contributed by atoms with Crippen molar-refractivity contribution >= 4 is 21.8 Å². The minimum absolute atomic E-state index is 0.113. The van der Waals surface area contributed by atoms with Gasteiger partial charge in [0.05, 0.1) is 11.0 Å². The molecule has 0 saturated heterocycles. The molecule has 8 heteroatoms. The molecule has 0 aliphatic carbocycles. The summed E-state index contributed by atoms with van der Waals surface area (Å²) >= 11 is 0. The molecule has 1 heterocycles. The van der Waals surface area contributed by atoms with Gasteiger partial charge in [-0.05, 0) is 44.5 Å². The number of hydrogen-bond donors (Lipinski definition) is 0. The number of rotatable bonds is 1. The number of fused-ring (bicyclic) bond motifs is 3. The van der Waals surface area contributed by atoms with Gasteiger partial charge in [-0.2, -0.15) is 0 Å². The number of nitrogens with zero attached hydrogens (tertiary/aromatic N) is 1. The fourth-order valence-corrected chi connectivity index (χ4v) is 3.57. The highest BCUT2D eigenvalue weighted by Crippen LogP contribution is 2.39. The maximum atomic E-state index is 14.9. The molecule has 0 amide bonds.